The first kappa shape index (κ1) is 30.6. The van der Waals surface area contributed by atoms with Crippen LogP contribution in [0, 0.1) is 0 Å². The van der Waals surface area contributed by atoms with E-state index in [0.717, 1.165) is 82.8 Å². The summed E-state index contributed by atoms with van der Waals surface area (Å²) in [6.45, 7) is 0. The summed E-state index contributed by atoms with van der Waals surface area (Å²) in [5, 5.41) is 4.32. The second-order valence-corrected chi connectivity index (χ2v) is 13.1. The summed E-state index contributed by atoms with van der Waals surface area (Å²) >= 11 is 0. The van der Waals surface area contributed by atoms with Crippen LogP contribution in [0.25, 0.3) is 100 Å². The van der Waals surface area contributed by atoms with Crippen LogP contribution in [0.1, 0.15) is 0 Å². The third-order valence-corrected chi connectivity index (χ3v) is 9.82. The van der Waals surface area contributed by atoms with E-state index in [1.54, 1.807) is 6.20 Å². The highest BCUT2D eigenvalue weighted by Gasteiger charge is 2.16. The second-order valence-electron chi connectivity index (χ2n) is 13.1. The van der Waals surface area contributed by atoms with Gasteiger partial charge >= 0.3 is 0 Å². The van der Waals surface area contributed by atoms with Crippen molar-refractivity contribution >= 4 is 32.7 Å². The van der Waals surface area contributed by atoms with E-state index < -0.39 is 0 Å². The van der Waals surface area contributed by atoms with Crippen LogP contribution in [0.5, 0.6) is 0 Å². The Labute approximate surface area is 305 Å². The van der Waals surface area contributed by atoms with Gasteiger partial charge in [-0.15, -0.1) is 0 Å². The predicted octanol–water partition coefficient (Wildman–Crippen LogP) is 12.3. The Hall–Kier alpha value is -7.24. The summed E-state index contributed by atoms with van der Waals surface area (Å²) in [6, 6.07) is 58.7. The fourth-order valence-electron chi connectivity index (χ4n) is 7.21. The van der Waals surface area contributed by atoms with Gasteiger partial charge in [-0.2, -0.15) is 0 Å². The average molecular weight is 679 g/mol. The molecule has 53 heavy (non-hydrogen) atoms. The Kier molecular flexibility index (Phi) is 7.40. The van der Waals surface area contributed by atoms with Crippen molar-refractivity contribution in [3.05, 3.63) is 182 Å². The average Bonchev–Trinajstić information content (AvgIpc) is 3.63. The molecule has 0 N–H and O–H groups in total. The summed E-state index contributed by atoms with van der Waals surface area (Å²) in [4.78, 5) is 19.4. The topological polar surface area (TPSA) is 64.7 Å². The molecule has 0 spiro atoms. The summed E-state index contributed by atoms with van der Waals surface area (Å²) in [6.07, 6.45) is 3.64. The normalized spacial score (nSPS) is 11.4. The molecule has 5 heteroatoms. The van der Waals surface area contributed by atoms with Crippen LogP contribution >= 0.6 is 0 Å². The van der Waals surface area contributed by atoms with Crippen molar-refractivity contribution in [2.24, 2.45) is 0 Å². The van der Waals surface area contributed by atoms with Gasteiger partial charge in [-0.05, 0) is 69.1 Å². The van der Waals surface area contributed by atoms with Gasteiger partial charge in [0.25, 0.3) is 0 Å². The maximum Gasteiger partial charge on any atom is 0.164 e. The van der Waals surface area contributed by atoms with Gasteiger partial charge in [-0.25, -0.2) is 15.0 Å². The first-order chi connectivity index (χ1) is 26.2. The molecule has 0 saturated carbocycles. The van der Waals surface area contributed by atoms with Crippen LogP contribution in [0.15, 0.2) is 187 Å². The molecule has 0 aliphatic heterocycles. The van der Waals surface area contributed by atoms with Crippen LogP contribution < -0.4 is 0 Å². The molecule has 3 heterocycles. The number of furan rings is 1. The number of pyridine rings is 1. The van der Waals surface area contributed by atoms with Gasteiger partial charge < -0.3 is 4.42 Å². The molecule has 5 nitrogen and oxygen atoms in total. The van der Waals surface area contributed by atoms with Crippen LogP contribution in [0.2, 0.25) is 0 Å². The maximum atomic E-state index is 6.35. The van der Waals surface area contributed by atoms with E-state index in [1.807, 2.05) is 48.7 Å². The lowest BCUT2D eigenvalue weighted by Gasteiger charge is -2.12. The quantitative estimate of drug-likeness (QED) is 0.175. The van der Waals surface area contributed by atoms with Gasteiger partial charge in [0, 0.05) is 45.2 Å². The molecule has 0 unspecified atom stereocenters. The van der Waals surface area contributed by atoms with Gasteiger partial charge in [0.2, 0.25) is 0 Å². The van der Waals surface area contributed by atoms with Crippen LogP contribution in [-0.2, 0) is 0 Å². The van der Waals surface area contributed by atoms with Crippen molar-refractivity contribution in [1.82, 2.24) is 19.9 Å². The smallest absolute Gasteiger partial charge is 0.164 e. The highest BCUT2D eigenvalue weighted by molar-refractivity contribution is 6.17. The molecule has 0 atom stereocenters. The van der Waals surface area contributed by atoms with E-state index >= 15 is 0 Å². The minimum Gasteiger partial charge on any atom is -0.455 e. The molecule has 7 aromatic carbocycles. The molecule has 0 aliphatic carbocycles. The van der Waals surface area contributed by atoms with Gasteiger partial charge in [0.05, 0.1) is 0 Å². The highest BCUT2D eigenvalue weighted by Crippen LogP contribution is 2.38. The molecule has 0 bridgehead atoms. The number of fused-ring (bicyclic) bond motifs is 5. The number of hydrogen-bond acceptors (Lipinski definition) is 5. The van der Waals surface area contributed by atoms with Crippen molar-refractivity contribution in [2.45, 2.75) is 0 Å². The number of rotatable bonds is 6. The lowest BCUT2D eigenvalue weighted by Crippen LogP contribution is -2.00. The zero-order valence-corrected chi connectivity index (χ0v) is 28.5. The Morgan fingerprint density at radius 2 is 0.830 bits per heavy atom. The largest absolute Gasteiger partial charge is 0.455 e. The number of hydrogen-bond donors (Lipinski definition) is 0. The minimum atomic E-state index is 0.621. The van der Waals surface area contributed by atoms with Gasteiger partial charge in [-0.3, -0.25) is 4.98 Å². The lowest BCUT2D eigenvalue weighted by atomic mass is 9.94. The predicted molar refractivity (Wildman–Crippen MR) is 215 cm³/mol. The first-order valence-electron chi connectivity index (χ1n) is 17.6. The molecule has 10 aromatic rings. The molecule has 0 aliphatic rings. The van der Waals surface area contributed by atoms with Gasteiger partial charge in [0.1, 0.15) is 11.2 Å². The molecule has 10 rings (SSSR count). The summed E-state index contributed by atoms with van der Waals surface area (Å²) < 4.78 is 6.35. The monoisotopic (exact) mass is 678 g/mol. The summed E-state index contributed by atoms with van der Waals surface area (Å²) in [7, 11) is 0. The Morgan fingerprint density at radius 1 is 0.340 bits per heavy atom. The van der Waals surface area contributed by atoms with Gasteiger partial charge in [0.15, 0.2) is 17.5 Å². The molecule has 0 amide bonds. The number of benzene rings is 7. The Bertz CT molecular complexity index is 2950. The molecule has 0 saturated heterocycles. The Morgan fingerprint density at radius 3 is 1.51 bits per heavy atom. The van der Waals surface area contributed by atoms with Crippen molar-refractivity contribution < 1.29 is 4.42 Å². The standard InChI is InChI=1S/C48H30N4O/c1-3-11-31(12-4-1)33-15-8-19-37(28-33)47-50-46(32-13-5-2-6-14-32)51-48(52-47)38-20-9-17-35(29-38)34-16-7-18-36(27-34)39-21-10-22-41-40(39)23-24-42-43-30-49-26-25-44(43)53-45(41)42/h1-30H. The molecule has 0 radical (unpaired) electrons. The molecule has 3 aromatic heterocycles. The summed E-state index contributed by atoms with van der Waals surface area (Å²) in [5.41, 5.74) is 11.2. The SMILES string of the molecule is c1ccc(-c2cccc(-c3nc(-c4ccccc4)nc(-c4cccc(-c5cccc(-c6cccc7c6ccc6c8cnccc8oc76)c5)c4)n3)c2)cc1. The van der Waals surface area contributed by atoms with E-state index in [9.17, 15) is 0 Å². The third kappa shape index (κ3) is 5.61. The van der Waals surface area contributed by atoms with Crippen molar-refractivity contribution in [3.8, 4) is 67.5 Å². The zero-order chi connectivity index (χ0) is 35.1. The van der Waals surface area contributed by atoms with E-state index in [2.05, 4.69) is 132 Å². The molecular formula is C48H30N4O. The van der Waals surface area contributed by atoms with E-state index in [0.29, 0.717) is 17.5 Å². The van der Waals surface area contributed by atoms with Crippen LogP contribution in [-0.4, -0.2) is 19.9 Å². The van der Waals surface area contributed by atoms with Crippen LogP contribution in [0.4, 0.5) is 0 Å². The van der Waals surface area contributed by atoms with E-state index in [4.69, 9.17) is 19.4 Å². The fraction of sp³-hybridized carbons (Fsp3) is 0. The summed E-state index contributed by atoms with van der Waals surface area (Å²) in [5.74, 6) is 1.88. The van der Waals surface area contributed by atoms with Crippen molar-refractivity contribution in [3.63, 3.8) is 0 Å². The fourth-order valence-corrected chi connectivity index (χ4v) is 7.21. The van der Waals surface area contributed by atoms with Gasteiger partial charge in [-0.1, -0.05) is 140 Å². The van der Waals surface area contributed by atoms with E-state index in [-0.39, 0.29) is 0 Å². The Balaban J connectivity index is 1.06. The minimum absolute atomic E-state index is 0.621. The first-order valence-corrected chi connectivity index (χ1v) is 17.6. The van der Waals surface area contributed by atoms with E-state index in [1.165, 1.54) is 0 Å². The molecule has 0 fully saturated rings. The van der Waals surface area contributed by atoms with Crippen molar-refractivity contribution in [1.29, 1.82) is 0 Å². The second kappa shape index (κ2) is 12.8. The highest BCUT2D eigenvalue weighted by atomic mass is 16.3. The maximum absolute atomic E-state index is 6.35. The van der Waals surface area contributed by atoms with Crippen LogP contribution in [0.3, 0.4) is 0 Å². The van der Waals surface area contributed by atoms with Crippen molar-refractivity contribution in [2.75, 3.05) is 0 Å². The zero-order valence-electron chi connectivity index (χ0n) is 28.5. The molecule has 248 valence electrons. The number of aromatic nitrogens is 4. The number of nitrogens with zero attached hydrogens (tertiary/aromatic N) is 4. The lowest BCUT2D eigenvalue weighted by molar-refractivity contribution is 0.672. The third-order valence-electron chi connectivity index (χ3n) is 9.82. The molecular weight excluding hydrogens is 649 g/mol.